The third-order valence-corrected chi connectivity index (χ3v) is 10.1. The van der Waals surface area contributed by atoms with Crippen LogP contribution in [0.3, 0.4) is 0 Å². The van der Waals surface area contributed by atoms with E-state index in [-0.39, 0.29) is 61.4 Å². The largest absolute Gasteiger partial charge is 0.619 e. The average molecular weight is 711 g/mol. The van der Waals surface area contributed by atoms with Crippen molar-refractivity contribution < 1.29 is 49.4 Å². The number of hydrogen-bond acceptors (Lipinski definition) is 9. The summed E-state index contributed by atoms with van der Waals surface area (Å²) in [6.07, 6.45) is 2.50. The van der Waals surface area contributed by atoms with Crippen LogP contribution in [0.5, 0.6) is 11.5 Å². The first-order valence-corrected chi connectivity index (χ1v) is 16.9. The molecule has 12 nitrogen and oxygen atoms in total. The van der Waals surface area contributed by atoms with E-state index in [9.17, 15) is 35.6 Å². The summed E-state index contributed by atoms with van der Waals surface area (Å²) in [6.45, 7) is -3.73. The van der Waals surface area contributed by atoms with Gasteiger partial charge >= 0.3 is 12.6 Å². The molecule has 1 aliphatic carbocycles. The van der Waals surface area contributed by atoms with Gasteiger partial charge in [0.25, 0.3) is 0 Å². The molecule has 45 heavy (non-hydrogen) atoms. The molecule has 2 aromatic carbocycles. The summed E-state index contributed by atoms with van der Waals surface area (Å²) in [4.78, 5) is 12.5. The van der Waals surface area contributed by atoms with Crippen LogP contribution in [0.1, 0.15) is 30.1 Å². The number of pyridine rings is 1. The molecule has 0 unspecified atom stereocenters. The number of aromatic nitrogens is 1. The summed E-state index contributed by atoms with van der Waals surface area (Å²) >= 11 is 12.5. The Morgan fingerprint density at radius 2 is 1.60 bits per heavy atom. The summed E-state index contributed by atoms with van der Waals surface area (Å²) in [6, 6.07) is 8.18. The molecule has 244 valence electrons. The van der Waals surface area contributed by atoms with Crippen molar-refractivity contribution in [3.63, 3.8) is 0 Å². The number of nitrogens with zero attached hydrogens (tertiary/aromatic N) is 1. The molecule has 1 saturated carbocycles. The Morgan fingerprint density at radius 3 is 2.16 bits per heavy atom. The second-order valence-corrected chi connectivity index (χ2v) is 14.3. The lowest BCUT2D eigenvalue weighted by atomic mass is 10.0. The Labute approximate surface area is 267 Å². The van der Waals surface area contributed by atoms with E-state index < -0.39 is 45.3 Å². The minimum atomic E-state index is -4.29. The molecule has 1 fully saturated rings. The number of rotatable bonds is 15. The first-order chi connectivity index (χ1) is 21.2. The fourth-order valence-corrected chi connectivity index (χ4v) is 6.31. The zero-order chi connectivity index (χ0) is 32.9. The van der Waals surface area contributed by atoms with Crippen LogP contribution in [0.25, 0.3) is 0 Å². The van der Waals surface area contributed by atoms with Crippen LogP contribution in [0, 0.1) is 11.1 Å². The van der Waals surface area contributed by atoms with Gasteiger partial charge in [-0.2, -0.15) is 18.2 Å². The third kappa shape index (κ3) is 9.37. The number of carbonyl (C=O) groups excluding carboxylic acids is 1. The van der Waals surface area contributed by atoms with Crippen LogP contribution < -0.4 is 23.6 Å². The summed E-state index contributed by atoms with van der Waals surface area (Å²) in [5.74, 6) is -1.07. The lowest BCUT2D eigenvalue weighted by molar-refractivity contribution is -0.605. The van der Waals surface area contributed by atoms with E-state index in [1.165, 1.54) is 25.2 Å². The summed E-state index contributed by atoms with van der Waals surface area (Å²) in [5.41, 5.74) is 0.458. The minimum absolute atomic E-state index is 0.0344. The van der Waals surface area contributed by atoms with E-state index in [2.05, 4.69) is 14.2 Å². The Morgan fingerprint density at radius 1 is 1.00 bits per heavy atom. The van der Waals surface area contributed by atoms with E-state index in [1.54, 1.807) is 0 Å². The number of sulfonamides is 2. The van der Waals surface area contributed by atoms with Crippen molar-refractivity contribution in [2.24, 2.45) is 5.92 Å². The zero-order valence-corrected chi connectivity index (χ0v) is 26.6. The third-order valence-electron chi connectivity index (χ3n) is 6.57. The van der Waals surface area contributed by atoms with Crippen LogP contribution in [0.4, 0.5) is 8.78 Å². The number of nitrogens with one attached hydrogen (secondary N) is 2. The van der Waals surface area contributed by atoms with Gasteiger partial charge in [-0.3, -0.25) is 4.79 Å². The van der Waals surface area contributed by atoms with Crippen LogP contribution in [0.2, 0.25) is 10.0 Å². The van der Waals surface area contributed by atoms with E-state index in [1.807, 2.05) is 0 Å². The van der Waals surface area contributed by atoms with Crippen molar-refractivity contribution in [1.29, 1.82) is 0 Å². The quantitative estimate of drug-likeness (QED) is 0.136. The molecule has 2 N–H and O–H groups in total. The number of hydrogen-bond donors (Lipinski definition) is 2. The molecule has 1 heterocycles. The Hall–Kier alpha value is -3.28. The molecule has 4 rings (SSSR count). The highest BCUT2D eigenvalue weighted by molar-refractivity contribution is 7.90. The molecular weight excluding hydrogens is 683 g/mol. The topological polar surface area (TPSA) is 164 Å². The summed E-state index contributed by atoms with van der Waals surface area (Å²) in [5, 5.41) is 11.7. The fourth-order valence-electron chi connectivity index (χ4n) is 4.02. The lowest BCUT2D eigenvalue weighted by Gasteiger charge is -2.21. The van der Waals surface area contributed by atoms with E-state index in [0.717, 1.165) is 49.5 Å². The molecule has 1 atom stereocenters. The molecule has 0 spiro atoms. The molecule has 1 aromatic heterocycles. The Kier molecular flexibility index (Phi) is 11.1. The van der Waals surface area contributed by atoms with Gasteiger partial charge in [-0.15, -0.1) is 0 Å². The summed E-state index contributed by atoms with van der Waals surface area (Å²) in [7, 11) is -6.89. The van der Waals surface area contributed by atoms with Gasteiger partial charge in [-0.25, -0.2) is 21.6 Å². The number of alkyl halides is 2. The molecular formula is C27H27Cl2F2N3O9S2. The lowest BCUT2D eigenvalue weighted by Crippen LogP contribution is -2.32. The van der Waals surface area contributed by atoms with Crippen molar-refractivity contribution >= 4 is 49.2 Å². The predicted octanol–water partition coefficient (Wildman–Crippen LogP) is 3.73. The number of halogens is 4. The SMILES string of the molecule is CNS(=O)(=O)c1ccc(S(=O)(=O)NCC(=O)O[C@@H](Cc2c(Cl)c[n+]([O-])cc2Cl)c2ccc(OC(F)F)c(OCC3CC3)c2)cc1. The minimum Gasteiger partial charge on any atom is -0.619 e. The highest BCUT2D eigenvalue weighted by Crippen LogP contribution is 2.37. The van der Waals surface area contributed by atoms with Crippen LogP contribution in [-0.2, 0) is 36.0 Å². The zero-order valence-electron chi connectivity index (χ0n) is 23.4. The molecule has 0 saturated heterocycles. The first kappa shape index (κ1) is 34.6. The Bertz CT molecular complexity index is 1740. The normalized spacial score (nSPS) is 14.3. The van der Waals surface area contributed by atoms with E-state index >= 15 is 0 Å². The smallest absolute Gasteiger partial charge is 0.387 e. The fraction of sp³-hybridized carbons (Fsp3) is 0.333. The van der Waals surface area contributed by atoms with Gasteiger partial charge in [0, 0.05) is 12.0 Å². The van der Waals surface area contributed by atoms with Crippen LogP contribution >= 0.6 is 23.2 Å². The number of benzene rings is 2. The highest BCUT2D eigenvalue weighted by atomic mass is 35.5. The van der Waals surface area contributed by atoms with E-state index in [0.29, 0.717) is 4.73 Å². The van der Waals surface area contributed by atoms with Crippen molar-refractivity contribution in [3.05, 3.63) is 81.2 Å². The monoisotopic (exact) mass is 709 g/mol. The predicted molar refractivity (Wildman–Crippen MR) is 157 cm³/mol. The molecule has 3 aromatic rings. The van der Waals surface area contributed by atoms with Gasteiger partial charge in [-0.1, -0.05) is 29.3 Å². The van der Waals surface area contributed by atoms with Crippen LogP contribution in [0.15, 0.2) is 64.6 Å². The molecule has 0 aliphatic heterocycles. The summed E-state index contributed by atoms with van der Waals surface area (Å²) < 4.78 is 96.0. The molecule has 0 radical (unpaired) electrons. The van der Waals surface area contributed by atoms with Gasteiger partial charge in [0.2, 0.25) is 20.0 Å². The van der Waals surface area contributed by atoms with Crippen LogP contribution in [-0.4, -0.2) is 49.6 Å². The van der Waals surface area contributed by atoms with Crippen molar-refractivity contribution in [1.82, 2.24) is 9.44 Å². The molecule has 18 heteroatoms. The van der Waals surface area contributed by atoms with Crippen molar-refractivity contribution in [2.45, 2.75) is 41.8 Å². The van der Waals surface area contributed by atoms with Crippen molar-refractivity contribution in [3.8, 4) is 11.5 Å². The molecule has 0 amide bonds. The number of ether oxygens (including phenoxy) is 3. The van der Waals surface area contributed by atoms with Gasteiger partial charge in [0.1, 0.15) is 22.7 Å². The average Bonchev–Trinajstić information content (AvgIpc) is 3.81. The maximum atomic E-state index is 13.1. The highest BCUT2D eigenvalue weighted by Gasteiger charge is 2.27. The second-order valence-electron chi connectivity index (χ2n) is 9.82. The van der Waals surface area contributed by atoms with E-state index in [4.69, 9.17) is 32.7 Å². The molecule has 0 bridgehead atoms. The van der Waals surface area contributed by atoms with Gasteiger partial charge in [0.15, 0.2) is 23.9 Å². The Balaban J connectivity index is 1.57. The number of carbonyl (C=O) groups is 1. The second kappa shape index (κ2) is 14.4. The number of esters is 1. The van der Waals surface area contributed by atoms with Gasteiger partial charge < -0.3 is 19.4 Å². The van der Waals surface area contributed by atoms with Gasteiger partial charge in [0.05, 0.1) is 16.4 Å². The maximum Gasteiger partial charge on any atom is 0.387 e. The van der Waals surface area contributed by atoms with Crippen molar-refractivity contribution in [2.75, 3.05) is 20.2 Å². The maximum absolute atomic E-state index is 13.1. The standard InChI is InChI=1S/C27H27Cl2F2N3O9S2/c1-32-44(37,38)18-5-7-19(8-6-18)45(39,40)33-12-26(35)42-24(11-20-21(28)13-34(36)14-22(20)29)17-4-9-23(43-27(30)31)25(10-17)41-15-16-2-3-16/h4-10,13-14,16,24,27,32-33H,2-3,11-12,15H2,1H3/t24-/m0/s1. The molecule has 1 aliphatic rings. The first-order valence-electron chi connectivity index (χ1n) is 13.2. The van der Waals surface area contributed by atoms with Gasteiger partial charge in [-0.05, 0) is 67.8 Å².